The van der Waals surface area contributed by atoms with Crippen LogP contribution in [-0.4, -0.2) is 36.2 Å². The van der Waals surface area contributed by atoms with Crippen LogP contribution in [0.4, 0.5) is 0 Å². The van der Waals surface area contributed by atoms with E-state index in [4.69, 9.17) is 4.74 Å². The Morgan fingerprint density at radius 1 is 1.30 bits per heavy atom. The fourth-order valence-electron chi connectivity index (χ4n) is 3.70. The third-order valence-corrected chi connectivity index (χ3v) is 6.19. The monoisotopic (exact) mass is 389 g/mol. The van der Waals surface area contributed by atoms with Gasteiger partial charge in [-0.3, -0.25) is 14.3 Å². The van der Waals surface area contributed by atoms with E-state index < -0.39 is 0 Å². The SMILES string of the molecule is CNC(=O)[C@H](CC1CCCCC1)SNC(=O)c1cc2c(OC)cccc2[nH]1. The standard InChI is InChI=1S/C20H27N3O3S/c1-21-20(25)18(11-13-7-4-3-5-8-13)27-23-19(24)16-12-14-15(22-16)9-6-10-17(14)26-2/h6,9-10,12-13,18,22H,3-5,7-8,11H2,1-2H3,(H,21,25)(H,23,24)/t18-/m0/s1. The highest BCUT2D eigenvalue weighted by Gasteiger charge is 2.25. The van der Waals surface area contributed by atoms with Crippen molar-refractivity contribution in [1.29, 1.82) is 0 Å². The van der Waals surface area contributed by atoms with Crippen molar-refractivity contribution in [3.8, 4) is 5.75 Å². The molecule has 6 nitrogen and oxygen atoms in total. The lowest BCUT2D eigenvalue weighted by molar-refractivity contribution is -0.120. The first-order valence-electron chi connectivity index (χ1n) is 9.45. The lowest BCUT2D eigenvalue weighted by atomic mass is 9.86. The second-order valence-corrected chi connectivity index (χ2v) is 8.01. The molecule has 3 rings (SSSR count). The van der Waals surface area contributed by atoms with E-state index in [2.05, 4.69) is 15.0 Å². The van der Waals surface area contributed by atoms with E-state index >= 15 is 0 Å². The van der Waals surface area contributed by atoms with E-state index in [9.17, 15) is 9.59 Å². The number of aromatic nitrogens is 1. The van der Waals surface area contributed by atoms with E-state index in [-0.39, 0.29) is 17.1 Å². The summed E-state index contributed by atoms with van der Waals surface area (Å²) in [6.45, 7) is 0. The number of rotatable bonds is 7. The highest BCUT2D eigenvalue weighted by Crippen LogP contribution is 2.31. The predicted molar refractivity (Wildman–Crippen MR) is 109 cm³/mol. The summed E-state index contributed by atoms with van der Waals surface area (Å²) in [5.41, 5.74) is 1.30. The molecule has 0 bridgehead atoms. The number of amides is 2. The van der Waals surface area contributed by atoms with Gasteiger partial charge in [0.15, 0.2) is 0 Å². The molecule has 1 atom stereocenters. The number of ether oxygens (including phenoxy) is 1. The van der Waals surface area contributed by atoms with Gasteiger partial charge in [-0.25, -0.2) is 0 Å². The van der Waals surface area contributed by atoms with Crippen molar-refractivity contribution in [3.05, 3.63) is 30.0 Å². The largest absolute Gasteiger partial charge is 0.496 e. The number of carbonyl (C=O) groups excluding carboxylic acids is 2. The molecule has 0 radical (unpaired) electrons. The van der Waals surface area contributed by atoms with Crippen LogP contribution >= 0.6 is 11.9 Å². The number of carbonyl (C=O) groups is 2. The van der Waals surface area contributed by atoms with Crippen LogP contribution in [0, 0.1) is 5.92 Å². The van der Waals surface area contributed by atoms with Crippen LogP contribution in [0.3, 0.4) is 0 Å². The molecule has 0 aliphatic heterocycles. The topological polar surface area (TPSA) is 83.2 Å². The van der Waals surface area contributed by atoms with Crippen LogP contribution < -0.4 is 14.8 Å². The van der Waals surface area contributed by atoms with Gasteiger partial charge in [-0.1, -0.05) is 38.2 Å². The van der Waals surface area contributed by atoms with Gasteiger partial charge >= 0.3 is 0 Å². The zero-order valence-corrected chi connectivity index (χ0v) is 16.7. The normalized spacial score (nSPS) is 16.1. The van der Waals surface area contributed by atoms with Crippen LogP contribution in [0.15, 0.2) is 24.3 Å². The van der Waals surface area contributed by atoms with E-state index in [1.165, 1.54) is 44.1 Å². The molecule has 1 heterocycles. The average Bonchev–Trinajstić information content (AvgIpc) is 3.15. The summed E-state index contributed by atoms with van der Waals surface area (Å²) in [5, 5.41) is 3.30. The third kappa shape index (κ3) is 4.77. The van der Waals surface area contributed by atoms with Gasteiger partial charge in [0, 0.05) is 18.0 Å². The molecular formula is C20H27N3O3S. The van der Waals surface area contributed by atoms with Gasteiger partial charge in [0.25, 0.3) is 5.91 Å². The van der Waals surface area contributed by atoms with Crippen LogP contribution in [0.1, 0.15) is 49.0 Å². The average molecular weight is 390 g/mol. The summed E-state index contributed by atoms with van der Waals surface area (Å²) < 4.78 is 8.19. The molecular weight excluding hydrogens is 362 g/mol. The fraction of sp³-hybridized carbons (Fsp3) is 0.500. The fourth-order valence-corrected chi connectivity index (χ4v) is 4.66. The summed E-state index contributed by atoms with van der Waals surface area (Å²) in [6.07, 6.45) is 6.89. The van der Waals surface area contributed by atoms with Crippen molar-refractivity contribution < 1.29 is 14.3 Å². The second kappa shape index (κ2) is 9.17. The quantitative estimate of drug-likeness (QED) is 0.632. The molecule has 27 heavy (non-hydrogen) atoms. The number of aromatic amines is 1. The van der Waals surface area contributed by atoms with Gasteiger partial charge in [0.05, 0.1) is 7.11 Å². The first-order chi connectivity index (χ1) is 13.1. The Bertz CT molecular complexity index is 799. The Kier molecular flexibility index (Phi) is 6.66. The first-order valence-corrected chi connectivity index (χ1v) is 10.3. The van der Waals surface area contributed by atoms with Crippen LogP contribution in [0.25, 0.3) is 10.9 Å². The van der Waals surface area contributed by atoms with Crippen molar-refractivity contribution in [1.82, 2.24) is 15.0 Å². The minimum Gasteiger partial charge on any atom is -0.496 e. The number of fused-ring (bicyclic) bond motifs is 1. The highest BCUT2D eigenvalue weighted by molar-refractivity contribution is 7.99. The molecule has 146 valence electrons. The van der Waals surface area contributed by atoms with Gasteiger partial charge in [-0.05, 0) is 42.5 Å². The molecule has 3 N–H and O–H groups in total. The van der Waals surface area contributed by atoms with Gasteiger partial charge < -0.3 is 15.0 Å². The molecule has 0 saturated heterocycles. The Hall–Kier alpha value is -2.15. The summed E-state index contributed by atoms with van der Waals surface area (Å²) in [7, 11) is 3.25. The molecule has 2 aromatic rings. The Labute approximate surface area is 163 Å². The second-order valence-electron chi connectivity index (χ2n) is 7.00. The summed E-state index contributed by atoms with van der Waals surface area (Å²) >= 11 is 1.21. The van der Waals surface area contributed by atoms with E-state index in [1.54, 1.807) is 20.2 Å². The highest BCUT2D eigenvalue weighted by atomic mass is 32.2. The van der Waals surface area contributed by atoms with Gasteiger partial charge in [-0.15, -0.1) is 0 Å². The number of hydrogen-bond donors (Lipinski definition) is 3. The van der Waals surface area contributed by atoms with Gasteiger partial charge in [0.1, 0.15) is 16.7 Å². The van der Waals surface area contributed by atoms with Crippen molar-refractivity contribution in [2.75, 3.05) is 14.2 Å². The zero-order valence-electron chi connectivity index (χ0n) is 15.8. The van der Waals surface area contributed by atoms with Crippen molar-refractivity contribution >= 4 is 34.7 Å². The van der Waals surface area contributed by atoms with Gasteiger partial charge in [0.2, 0.25) is 5.91 Å². The number of nitrogens with one attached hydrogen (secondary N) is 3. The summed E-state index contributed by atoms with van der Waals surface area (Å²) in [6, 6.07) is 7.41. The summed E-state index contributed by atoms with van der Waals surface area (Å²) in [5.74, 6) is 0.999. The van der Waals surface area contributed by atoms with Gasteiger partial charge in [-0.2, -0.15) is 0 Å². The maximum Gasteiger partial charge on any atom is 0.277 e. The molecule has 1 fully saturated rings. The molecule has 1 saturated carbocycles. The first kappa shape index (κ1) is 19.6. The van der Waals surface area contributed by atoms with Crippen LogP contribution in [-0.2, 0) is 4.79 Å². The van der Waals surface area contributed by atoms with Crippen LogP contribution in [0.2, 0.25) is 0 Å². The minimum atomic E-state index is -0.277. The lowest BCUT2D eigenvalue weighted by Crippen LogP contribution is -2.34. The zero-order chi connectivity index (χ0) is 19.2. The van der Waals surface area contributed by atoms with E-state index in [0.717, 1.165) is 23.1 Å². The minimum absolute atomic E-state index is 0.0378. The number of hydrogen-bond acceptors (Lipinski definition) is 4. The molecule has 7 heteroatoms. The molecule has 2 amide bonds. The lowest BCUT2D eigenvalue weighted by Gasteiger charge is -2.25. The Morgan fingerprint density at radius 3 is 2.78 bits per heavy atom. The van der Waals surface area contributed by atoms with E-state index in [1.807, 2.05) is 18.2 Å². The maximum absolute atomic E-state index is 12.6. The Morgan fingerprint density at radius 2 is 2.07 bits per heavy atom. The number of benzene rings is 1. The number of H-pyrrole nitrogens is 1. The smallest absolute Gasteiger partial charge is 0.277 e. The molecule has 1 aliphatic carbocycles. The molecule has 1 aromatic heterocycles. The molecule has 0 spiro atoms. The molecule has 1 aliphatic rings. The summed E-state index contributed by atoms with van der Waals surface area (Å²) in [4.78, 5) is 27.9. The van der Waals surface area contributed by atoms with E-state index in [0.29, 0.717) is 11.6 Å². The third-order valence-electron chi connectivity index (χ3n) is 5.19. The molecule has 1 aromatic carbocycles. The Balaban J connectivity index is 1.65. The van der Waals surface area contributed by atoms with Crippen LogP contribution in [0.5, 0.6) is 5.75 Å². The predicted octanol–water partition coefficient (Wildman–Crippen LogP) is 3.64. The molecule has 0 unspecified atom stereocenters. The van der Waals surface area contributed by atoms with Crippen molar-refractivity contribution in [3.63, 3.8) is 0 Å². The number of methoxy groups -OCH3 is 1. The maximum atomic E-state index is 12.6. The van der Waals surface area contributed by atoms with Crippen molar-refractivity contribution in [2.24, 2.45) is 5.92 Å². The van der Waals surface area contributed by atoms with Crippen molar-refractivity contribution in [2.45, 2.75) is 43.8 Å².